The van der Waals surface area contributed by atoms with Gasteiger partial charge in [0.2, 0.25) is 0 Å². The van der Waals surface area contributed by atoms with Gasteiger partial charge in [0.05, 0.1) is 30.6 Å². The van der Waals surface area contributed by atoms with E-state index in [1.54, 1.807) is 24.4 Å². The molecule has 1 aromatic heterocycles. The summed E-state index contributed by atoms with van der Waals surface area (Å²) in [7, 11) is 1.31. The van der Waals surface area contributed by atoms with E-state index in [9.17, 15) is 9.59 Å². The SMILES string of the molecule is COC(=O)n1ncc2c(NC(=O)NC3CCc4c3cccc4N3CCCCC3)cccc21. The van der Waals surface area contributed by atoms with Crippen LogP contribution >= 0.6 is 0 Å². The Bertz CT molecular complexity index is 1170. The van der Waals surface area contributed by atoms with Crippen LogP contribution in [0.2, 0.25) is 0 Å². The molecule has 1 aliphatic carbocycles. The largest absolute Gasteiger partial charge is 0.451 e. The highest BCUT2D eigenvalue weighted by atomic mass is 16.5. The number of nitrogens with one attached hydrogen (secondary N) is 2. The Kier molecular flexibility index (Phi) is 5.43. The summed E-state index contributed by atoms with van der Waals surface area (Å²) < 4.78 is 5.93. The molecular formula is C24H27N5O3. The van der Waals surface area contributed by atoms with Gasteiger partial charge in [-0.2, -0.15) is 9.78 Å². The highest BCUT2D eigenvalue weighted by Crippen LogP contribution is 2.38. The monoisotopic (exact) mass is 433 g/mol. The molecule has 1 fully saturated rings. The van der Waals surface area contributed by atoms with Gasteiger partial charge in [-0.15, -0.1) is 0 Å². The summed E-state index contributed by atoms with van der Waals surface area (Å²) in [6, 6.07) is 11.5. The van der Waals surface area contributed by atoms with Gasteiger partial charge in [0.1, 0.15) is 0 Å². The van der Waals surface area contributed by atoms with Gasteiger partial charge in [0.25, 0.3) is 0 Å². The van der Waals surface area contributed by atoms with Gasteiger partial charge in [-0.25, -0.2) is 9.59 Å². The first-order chi connectivity index (χ1) is 15.7. The van der Waals surface area contributed by atoms with Gasteiger partial charge in [0.15, 0.2) is 0 Å². The molecule has 0 saturated carbocycles. The third-order valence-electron chi connectivity index (χ3n) is 6.46. The fraction of sp³-hybridized carbons (Fsp3) is 0.375. The van der Waals surface area contributed by atoms with Crippen LogP contribution in [0.3, 0.4) is 0 Å². The minimum atomic E-state index is -0.575. The number of rotatable bonds is 3. The predicted octanol–water partition coefficient (Wildman–Crippen LogP) is 4.45. The number of amides is 2. The minimum Gasteiger partial charge on any atom is -0.451 e. The van der Waals surface area contributed by atoms with E-state index in [-0.39, 0.29) is 12.1 Å². The Hall–Kier alpha value is -3.55. The number of carbonyl (C=O) groups is 2. The zero-order valence-electron chi connectivity index (χ0n) is 18.1. The number of fused-ring (bicyclic) bond motifs is 2. The zero-order chi connectivity index (χ0) is 22.1. The summed E-state index contributed by atoms with van der Waals surface area (Å²) in [5.41, 5.74) is 5.07. The van der Waals surface area contributed by atoms with Crippen molar-refractivity contribution in [1.82, 2.24) is 15.1 Å². The van der Waals surface area contributed by atoms with E-state index >= 15 is 0 Å². The van der Waals surface area contributed by atoms with E-state index in [4.69, 9.17) is 4.74 Å². The molecule has 0 bridgehead atoms. The second-order valence-electron chi connectivity index (χ2n) is 8.35. The predicted molar refractivity (Wildman–Crippen MR) is 123 cm³/mol. The van der Waals surface area contributed by atoms with E-state index in [0.29, 0.717) is 16.6 Å². The molecule has 1 saturated heterocycles. The molecule has 1 unspecified atom stereocenters. The van der Waals surface area contributed by atoms with Crippen LogP contribution in [-0.4, -0.2) is 42.1 Å². The van der Waals surface area contributed by atoms with Crippen LogP contribution in [-0.2, 0) is 11.2 Å². The molecule has 2 amide bonds. The molecule has 0 spiro atoms. The number of anilines is 2. The Morgan fingerprint density at radius 1 is 1.09 bits per heavy atom. The molecule has 2 N–H and O–H groups in total. The summed E-state index contributed by atoms with van der Waals surface area (Å²) in [4.78, 5) is 27.2. The molecule has 1 atom stereocenters. The van der Waals surface area contributed by atoms with Crippen molar-refractivity contribution in [3.05, 3.63) is 53.7 Å². The lowest BCUT2D eigenvalue weighted by molar-refractivity contribution is 0.170. The summed E-state index contributed by atoms with van der Waals surface area (Å²) in [6.45, 7) is 2.22. The lowest BCUT2D eigenvalue weighted by Crippen LogP contribution is -2.32. The summed E-state index contributed by atoms with van der Waals surface area (Å²) in [5, 5.41) is 10.8. The lowest BCUT2D eigenvalue weighted by Gasteiger charge is -2.30. The van der Waals surface area contributed by atoms with Crippen molar-refractivity contribution in [2.75, 3.05) is 30.4 Å². The number of ether oxygens (including phenoxy) is 1. The van der Waals surface area contributed by atoms with Crippen LogP contribution in [0.5, 0.6) is 0 Å². The molecule has 8 nitrogen and oxygen atoms in total. The first kappa shape index (κ1) is 20.4. The number of urea groups is 1. The Morgan fingerprint density at radius 3 is 2.72 bits per heavy atom. The summed E-state index contributed by atoms with van der Waals surface area (Å²) >= 11 is 0. The van der Waals surface area contributed by atoms with Crippen LogP contribution in [0.15, 0.2) is 42.6 Å². The number of hydrogen-bond acceptors (Lipinski definition) is 5. The van der Waals surface area contributed by atoms with E-state index in [1.165, 1.54) is 47.9 Å². The molecule has 2 aromatic carbocycles. The summed E-state index contributed by atoms with van der Waals surface area (Å²) in [6.07, 6.45) is 6.62. The van der Waals surface area contributed by atoms with Gasteiger partial charge < -0.3 is 20.3 Å². The molecule has 5 rings (SSSR count). The number of carbonyl (C=O) groups excluding carboxylic acids is 2. The Labute approximate surface area is 186 Å². The number of piperidine rings is 1. The molecule has 32 heavy (non-hydrogen) atoms. The van der Waals surface area contributed by atoms with E-state index in [0.717, 1.165) is 25.9 Å². The number of methoxy groups -OCH3 is 1. The fourth-order valence-corrected chi connectivity index (χ4v) is 4.92. The lowest BCUT2D eigenvalue weighted by atomic mass is 10.0. The molecule has 166 valence electrons. The molecular weight excluding hydrogens is 406 g/mol. The first-order valence-electron chi connectivity index (χ1n) is 11.1. The van der Waals surface area contributed by atoms with E-state index in [1.807, 2.05) is 0 Å². The zero-order valence-corrected chi connectivity index (χ0v) is 18.1. The highest BCUT2D eigenvalue weighted by Gasteiger charge is 2.28. The van der Waals surface area contributed by atoms with Gasteiger partial charge in [0, 0.05) is 24.2 Å². The summed E-state index contributed by atoms with van der Waals surface area (Å²) in [5.74, 6) is 0. The van der Waals surface area contributed by atoms with Crippen LogP contribution in [0.4, 0.5) is 21.0 Å². The maximum absolute atomic E-state index is 12.9. The van der Waals surface area contributed by atoms with Crippen molar-refractivity contribution in [2.45, 2.75) is 38.1 Å². The quantitative estimate of drug-likeness (QED) is 0.637. The molecule has 2 aliphatic rings. The first-order valence-corrected chi connectivity index (χ1v) is 11.1. The second kappa shape index (κ2) is 8.53. The number of benzene rings is 2. The van der Waals surface area contributed by atoms with Crippen LogP contribution in [0.1, 0.15) is 42.9 Å². The maximum atomic E-state index is 12.9. The highest BCUT2D eigenvalue weighted by molar-refractivity contribution is 6.02. The van der Waals surface area contributed by atoms with Crippen molar-refractivity contribution in [3.8, 4) is 0 Å². The minimum absolute atomic E-state index is 0.0215. The average molecular weight is 434 g/mol. The van der Waals surface area contributed by atoms with E-state index < -0.39 is 6.09 Å². The number of nitrogens with zero attached hydrogens (tertiary/aromatic N) is 3. The van der Waals surface area contributed by atoms with Crippen molar-refractivity contribution in [1.29, 1.82) is 0 Å². The topological polar surface area (TPSA) is 88.5 Å². The van der Waals surface area contributed by atoms with E-state index in [2.05, 4.69) is 38.8 Å². The average Bonchev–Trinajstić information content (AvgIpc) is 3.44. The molecule has 0 radical (unpaired) electrons. The van der Waals surface area contributed by atoms with Crippen LogP contribution in [0.25, 0.3) is 10.9 Å². The Balaban J connectivity index is 1.32. The smallest absolute Gasteiger partial charge is 0.434 e. The van der Waals surface area contributed by atoms with Crippen molar-refractivity contribution < 1.29 is 14.3 Å². The fourth-order valence-electron chi connectivity index (χ4n) is 4.92. The van der Waals surface area contributed by atoms with Crippen LogP contribution < -0.4 is 15.5 Å². The van der Waals surface area contributed by atoms with Crippen molar-refractivity contribution >= 4 is 34.4 Å². The maximum Gasteiger partial charge on any atom is 0.434 e. The van der Waals surface area contributed by atoms with Gasteiger partial charge >= 0.3 is 12.1 Å². The van der Waals surface area contributed by atoms with Gasteiger partial charge in [-0.1, -0.05) is 18.2 Å². The molecule has 1 aliphatic heterocycles. The van der Waals surface area contributed by atoms with Gasteiger partial charge in [-0.05, 0) is 61.4 Å². The third-order valence-corrected chi connectivity index (χ3v) is 6.46. The normalized spacial score (nSPS) is 17.8. The van der Waals surface area contributed by atoms with Gasteiger partial charge in [-0.3, -0.25) is 0 Å². The van der Waals surface area contributed by atoms with Crippen LogP contribution in [0, 0.1) is 0 Å². The number of hydrogen-bond donors (Lipinski definition) is 2. The van der Waals surface area contributed by atoms with Crippen molar-refractivity contribution in [2.24, 2.45) is 0 Å². The second-order valence-corrected chi connectivity index (χ2v) is 8.35. The van der Waals surface area contributed by atoms with Crippen molar-refractivity contribution in [3.63, 3.8) is 0 Å². The third kappa shape index (κ3) is 3.66. The molecule has 3 aromatic rings. The Morgan fingerprint density at radius 2 is 1.91 bits per heavy atom. The molecule has 2 heterocycles. The number of aromatic nitrogens is 2. The standard InChI is InChI=1S/C24H27N5O3/c1-32-24(31)29-22-10-6-8-19(18(22)15-25-29)26-23(30)27-20-12-11-17-16(20)7-5-9-21(17)28-13-3-2-4-14-28/h5-10,15,20H,2-4,11-14H2,1H3,(H2,26,27,30). The molecule has 8 heteroatoms.